The molecular weight excluding hydrogens is 283 g/mol. The first kappa shape index (κ1) is 15.5. The third-order valence-corrected chi connectivity index (χ3v) is 3.18. The van der Waals surface area contributed by atoms with Gasteiger partial charge in [0.15, 0.2) is 0 Å². The van der Waals surface area contributed by atoms with E-state index in [4.69, 9.17) is 4.74 Å². The zero-order valence-electron chi connectivity index (χ0n) is 12.0. The molecule has 0 bridgehead atoms. The van der Waals surface area contributed by atoms with E-state index in [0.717, 1.165) is 5.56 Å². The Hall–Kier alpha value is -2.87. The summed E-state index contributed by atoms with van der Waals surface area (Å²) in [5.41, 5.74) is 1.32. The second-order valence-corrected chi connectivity index (χ2v) is 4.73. The minimum atomic E-state index is -0.821. The first-order chi connectivity index (χ1) is 10.6. The fourth-order valence-corrected chi connectivity index (χ4v) is 1.96. The summed E-state index contributed by atoms with van der Waals surface area (Å²) in [6, 6.07) is 14.6. The fraction of sp³-hybridized carbons (Fsp3) is 0.176. The smallest absolute Gasteiger partial charge is 0.242 e. The molecule has 2 aromatic carbocycles. The van der Waals surface area contributed by atoms with Crippen molar-refractivity contribution in [1.82, 2.24) is 0 Å². The average molecular weight is 298 g/mol. The van der Waals surface area contributed by atoms with Crippen LogP contribution in [0, 0.1) is 23.1 Å². The molecule has 1 amide bonds. The van der Waals surface area contributed by atoms with E-state index >= 15 is 0 Å². The summed E-state index contributed by atoms with van der Waals surface area (Å²) in [5.74, 6) is -0.899. The van der Waals surface area contributed by atoms with Crippen molar-refractivity contribution in [3.8, 4) is 11.8 Å². The van der Waals surface area contributed by atoms with Crippen molar-refractivity contribution in [2.75, 3.05) is 12.4 Å². The number of methoxy groups -OCH3 is 1. The molecule has 0 aliphatic carbocycles. The van der Waals surface area contributed by atoms with Crippen molar-refractivity contribution < 1.29 is 13.9 Å². The van der Waals surface area contributed by atoms with Crippen molar-refractivity contribution in [3.63, 3.8) is 0 Å². The molecule has 0 aliphatic heterocycles. The van der Waals surface area contributed by atoms with E-state index in [9.17, 15) is 14.4 Å². The Kier molecular flexibility index (Phi) is 5.10. The van der Waals surface area contributed by atoms with Crippen LogP contribution in [0.1, 0.15) is 5.56 Å². The lowest BCUT2D eigenvalue weighted by molar-refractivity contribution is -0.118. The molecule has 0 aromatic heterocycles. The molecule has 0 spiro atoms. The molecular formula is C17H15FN2O2. The Morgan fingerprint density at radius 3 is 2.41 bits per heavy atom. The Balaban J connectivity index is 2.02. The number of benzene rings is 2. The van der Waals surface area contributed by atoms with Crippen LogP contribution in [0.3, 0.4) is 0 Å². The number of anilines is 1. The van der Waals surface area contributed by atoms with Crippen LogP contribution in [0.25, 0.3) is 0 Å². The first-order valence-corrected chi connectivity index (χ1v) is 6.71. The number of amides is 1. The molecule has 112 valence electrons. The van der Waals surface area contributed by atoms with Crippen molar-refractivity contribution in [1.29, 1.82) is 5.26 Å². The Morgan fingerprint density at radius 1 is 1.23 bits per heavy atom. The van der Waals surface area contributed by atoms with Crippen molar-refractivity contribution in [3.05, 3.63) is 59.9 Å². The number of ether oxygens (including phenoxy) is 1. The van der Waals surface area contributed by atoms with Gasteiger partial charge in [0.1, 0.15) is 17.5 Å². The standard InChI is InChI=1S/C17H15FN2O2/c1-22-16-8-2-12(3-9-16)10-13(11-19)17(21)20-15-6-4-14(18)5-7-15/h2-9,13H,10H2,1H3,(H,20,21)/t13-/m0/s1. The summed E-state index contributed by atoms with van der Waals surface area (Å²) in [7, 11) is 1.57. The third kappa shape index (κ3) is 4.06. The lowest BCUT2D eigenvalue weighted by Gasteiger charge is -2.11. The second-order valence-electron chi connectivity index (χ2n) is 4.73. The molecule has 0 aliphatic rings. The Morgan fingerprint density at radius 2 is 1.86 bits per heavy atom. The number of carbonyl (C=O) groups is 1. The van der Waals surface area contributed by atoms with Crippen molar-refractivity contribution in [2.45, 2.75) is 6.42 Å². The van der Waals surface area contributed by atoms with Crippen LogP contribution in [0.5, 0.6) is 5.75 Å². The molecule has 0 fully saturated rings. The predicted molar refractivity (Wildman–Crippen MR) is 80.8 cm³/mol. The van der Waals surface area contributed by atoms with Gasteiger partial charge in [0.25, 0.3) is 0 Å². The van der Waals surface area contributed by atoms with E-state index in [2.05, 4.69) is 5.32 Å². The normalized spacial score (nSPS) is 11.3. The van der Waals surface area contributed by atoms with Crippen molar-refractivity contribution >= 4 is 11.6 Å². The molecule has 2 rings (SSSR count). The highest BCUT2D eigenvalue weighted by molar-refractivity contribution is 5.94. The van der Waals surface area contributed by atoms with Crippen molar-refractivity contribution in [2.24, 2.45) is 5.92 Å². The molecule has 1 atom stereocenters. The lowest BCUT2D eigenvalue weighted by atomic mass is 9.99. The molecule has 0 saturated carbocycles. The zero-order valence-corrected chi connectivity index (χ0v) is 12.0. The minimum Gasteiger partial charge on any atom is -0.497 e. The first-order valence-electron chi connectivity index (χ1n) is 6.71. The molecule has 22 heavy (non-hydrogen) atoms. The number of nitrogens with one attached hydrogen (secondary N) is 1. The van der Waals surface area contributed by atoms with E-state index < -0.39 is 11.8 Å². The summed E-state index contributed by atoms with van der Waals surface area (Å²) in [6.07, 6.45) is 0.299. The summed E-state index contributed by atoms with van der Waals surface area (Å²) in [5, 5.41) is 11.8. The Bertz CT molecular complexity index is 675. The summed E-state index contributed by atoms with van der Waals surface area (Å²) in [4.78, 5) is 12.1. The van der Waals surface area contributed by atoms with Gasteiger partial charge in [-0.15, -0.1) is 0 Å². The van der Waals surface area contributed by atoms with Crippen LogP contribution in [-0.4, -0.2) is 13.0 Å². The highest BCUT2D eigenvalue weighted by Crippen LogP contribution is 2.16. The molecule has 0 radical (unpaired) electrons. The van der Waals surface area contributed by atoms with E-state index in [0.29, 0.717) is 17.9 Å². The number of carbonyl (C=O) groups excluding carboxylic acids is 1. The van der Waals surface area contributed by atoms with Gasteiger partial charge in [-0.25, -0.2) is 4.39 Å². The molecule has 1 N–H and O–H groups in total. The summed E-state index contributed by atoms with van der Waals surface area (Å²) >= 11 is 0. The number of halogens is 1. The maximum Gasteiger partial charge on any atom is 0.242 e. The van der Waals surface area contributed by atoms with Gasteiger partial charge in [0, 0.05) is 5.69 Å². The highest BCUT2D eigenvalue weighted by atomic mass is 19.1. The number of hydrogen-bond acceptors (Lipinski definition) is 3. The largest absolute Gasteiger partial charge is 0.497 e. The SMILES string of the molecule is COc1ccc(C[C@@H](C#N)C(=O)Nc2ccc(F)cc2)cc1. The van der Waals surface area contributed by atoms with E-state index in [-0.39, 0.29) is 5.82 Å². The quantitative estimate of drug-likeness (QED) is 0.922. The van der Waals surface area contributed by atoms with Gasteiger partial charge in [-0.1, -0.05) is 12.1 Å². The molecule has 4 nitrogen and oxygen atoms in total. The van der Waals surface area contributed by atoms with Gasteiger partial charge in [0.05, 0.1) is 13.2 Å². The van der Waals surface area contributed by atoms with Gasteiger partial charge in [0.2, 0.25) is 5.91 Å². The maximum atomic E-state index is 12.8. The van der Waals surface area contributed by atoms with Gasteiger partial charge >= 0.3 is 0 Å². The fourth-order valence-electron chi connectivity index (χ4n) is 1.96. The molecule has 2 aromatic rings. The van der Waals surface area contributed by atoms with Crippen LogP contribution in [-0.2, 0) is 11.2 Å². The minimum absolute atomic E-state index is 0.299. The van der Waals surface area contributed by atoms with Gasteiger partial charge in [-0.3, -0.25) is 4.79 Å². The van der Waals surface area contributed by atoms with Crippen LogP contribution < -0.4 is 10.1 Å². The van der Waals surface area contributed by atoms with Gasteiger partial charge in [-0.05, 0) is 48.4 Å². The average Bonchev–Trinajstić information content (AvgIpc) is 2.55. The summed E-state index contributed by atoms with van der Waals surface area (Å²) in [6.45, 7) is 0. The van der Waals surface area contributed by atoms with Gasteiger partial charge < -0.3 is 10.1 Å². The van der Waals surface area contributed by atoms with Gasteiger partial charge in [-0.2, -0.15) is 5.26 Å². The zero-order chi connectivity index (χ0) is 15.9. The molecule has 0 heterocycles. The maximum absolute atomic E-state index is 12.8. The molecule has 5 heteroatoms. The molecule has 0 saturated heterocycles. The van der Waals surface area contributed by atoms with E-state index in [1.54, 1.807) is 19.2 Å². The number of nitrogens with zero attached hydrogens (tertiary/aromatic N) is 1. The lowest BCUT2D eigenvalue weighted by Crippen LogP contribution is -2.23. The van der Waals surface area contributed by atoms with Crippen LogP contribution >= 0.6 is 0 Å². The second kappa shape index (κ2) is 7.23. The number of hydrogen-bond donors (Lipinski definition) is 1. The number of rotatable bonds is 5. The van der Waals surface area contributed by atoms with Crippen LogP contribution in [0.2, 0.25) is 0 Å². The van der Waals surface area contributed by atoms with Crippen LogP contribution in [0.15, 0.2) is 48.5 Å². The van der Waals surface area contributed by atoms with E-state index in [1.807, 2.05) is 18.2 Å². The highest BCUT2D eigenvalue weighted by Gasteiger charge is 2.18. The Labute approximate surface area is 128 Å². The predicted octanol–water partition coefficient (Wildman–Crippen LogP) is 3.16. The molecule has 0 unspecified atom stereocenters. The number of nitriles is 1. The van der Waals surface area contributed by atoms with E-state index in [1.165, 1.54) is 24.3 Å². The third-order valence-electron chi connectivity index (χ3n) is 3.18. The monoisotopic (exact) mass is 298 g/mol. The topological polar surface area (TPSA) is 62.1 Å². The summed E-state index contributed by atoms with van der Waals surface area (Å²) < 4.78 is 17.9. The van der Waals surface area contributed by atoms with Crippen LogP contribution in [0.4, 0.5) is 10.1 Å².